The second-order valence-corrected chi connectivity index (χ2v) is 9.03. The molecular formula is C24H27Cl3N2O2. The molecule has 3 rings (SSSR count). The lowest BCUT2D eigenvalue weighted by Gasteiger charge is -2.33. The van der Waals surface area contributed by atoms with Gasteiger partial charge in [0.25, 0.3) is 0 Å². The lowest BCUT2D eigenvalue weighted by Crippen LogP contribution is -2.48. The number of rotatable bonds is 8. The third-order valence-corrected chi connectivity index (χ3v) is 6.42. The maximum Gasteiger partial charge on any atom is 0.247 e. The van der Waals surface area contributed by atoms with Crippen molar-refractivity contribution in [3.63, 3.8) is 0 Å². The Hall–Kier alpha value is -1.75. The fourth-order valence-corrected chi connectivity index (χ4v) is 4.43. The van der Waals surface area contributed by atoms with Gasteiger partial charge in [-0.05, 0) is 54.7 Å². The van der Waals surface area contributed by atoms with Gasteiger partial charge in [-0.2, -0.15) is 0 Å². The Morgan fingerprint density at radius 1 is 0.935 bits per heavy atom. The molecule has 1 saturated carbocycles. The van der Waals surface area contributed by atoms with E-state index in [-0.39, 0.29) is 23.7 Å². The lowest BCUT2D eigenvalue weighted by atomic mass is 9.94. The summed E-state index contributed by atoms with van der Waals surface area (Å²) >= 11 is 18.0. The second kappa shape index (κ2) is 11.8. The average molecular weight is 482 g/mol. The number of halogens is 3. The smallest absolute Gasteiger partial charge is 0.247 e. The molecule has 0 aromatic heterocycles. The van der Waals surface area contributed by atoms with Crippen LogP contribution in [0, 0.1) is 0 Å². The molecule has 2 aromatic carbocycles. The molecule has 4 nitrogen and oxygen atoms in total. The van der Waals surface area contributed by atoms with E-state index < -0.39 is 6.04 Å². The number of nitrogens with one attached hydrogen (secondary N) is 1. The van der Waals surface area contributed by atoms with Crippen molar-refractivity contribution < 1.29 is 9.59 Å². The van der Waals surface area contributed by atoms with E-state index in [4.69, 9.17) is 34.8 Å². The summed E-state index contributed by atoms with van der Waals surface area (Å²) in [5.41, 5.74) is 1.74. The number of nitrogens with zero attached hydrogens (tertiary/aromatic N) is 1. The van der Waals surface area contributed by atoms with Crippen LogP contribution in [0.4, 0.5) is 0 Å². The summed E-state index contributed by atoms with van der Waals surface area (Å²) < 4.78 is 0. The maximum absolute atomic E-state index is 13.4. The van der Waals surface area contributed by atoms with Gasteiger partial charge in [0.1, 0.15) is 11.9 Å². The lowest BCUT2D eigenvalue weighted by molar-refractivity contribution is -0.139. The highest BCUT2D eigenvalue weighted by Gasteiger charge is 2.32. The number of benzene rings is 2. The number of amides is 2. The predicted molar refractivity (Wildman–Crippen MR) is 127 cm³/mol. The summed E-state index contributed by atoms with van der Waals surface area (Å²) in [6, 6.07) is 13.9. The van der Waals surface area contributed by atoms with E-state index in [1.54, 1.807) is 29.2 Å². The van der Waals surface area contributed by atoms with Crippen molar-refractivity contribution in [2.75, 3.05) is 12.4 Å². The maximum atomic E-state index is 13.4. The highest BCUT2D eigenvalue weighted by atomic mass is 35.5. The van der Waals surface area contributed by atoms with Crippen LogP contribution in [0.1, 0.15) is 49.3 Å². The second-order valence-electron chi connectivity index (χ2n) is 7.89. The summed E-state index contributed by atoms with van der Waals surface area (Å²) in [4.78, 5) is 27.8. The first-order chi connectivity index (χ1) is 15.0. The van der Waals surface area contributed by atoms with Gasteiger partial charge in [-0.3, -0.25) is 9.59 Å². The number of carbonyl (C=O) groups is 2. The van der Waals surface area contributed by atoms with Crippen LogP contribution in [-0.2, 0) is 16.0 Å². The molecule has 2 aromatic rings. The highest BCUT2D eigenvalue weighted by molar-refractivity contribution is 6.30. The Kier molecular flexibility index (Phi) is 9.06. The molecule has 31 heavy (non-hydrogen) atoms. The molecule has 1 N–H and O–H groups in total. The van der Waals surface area contributed by atoms with E-state index in [2.05, 4.69) is 5.32 Å². The van der Waals surface area contributed by atoms with Gasteiger partial charge in [-0.1, -0.05) is 66.7 Å². The predicted octanol–water partition coefficient (Wildman–Crippen LogP) is 5.79. The van der Waals surface area contributed by atoms with Gasteiger partial charge >= 0.3 is 0 Å². The molecule has 0 spiro atoms. The minimum Gasteiger partial charge on any atom is -0.351 e. The third kappa shape index (κ3) is 6.86. The average Bonchev–Trinajstić information content (AvgIpc) is 2.78. The monoisotopic (exact) mass is 480 g/mol. The van der Waals surface area contributed by atoms with Gasteiger partial charge in [0.05, 0.1) is 0 Å². The van der Waals surface area contributed by atoms with E-state index in [0.29, 0.717) is 28.6 Å². The van der Waals surface area contributed by atoms with E-state index in [1.807, 2.05) is 24.3 Å². The van der Waals surface area contributed by atoms with Crippen LogP contribution in [0.15, 0.2) is 48.5 Å². The fraction of sp³-hybridized carbons (Fsp3) is 0.417. The van der Waals surface area contributed by atoms with Crippen LogP contribution in [-0.4, -0.2) is 35.2 Å². The zero-order valence-electron chi connectivity index (χ0n) is 17.3. The number of hydrogen-bond acceptors (Lipinski definition) is 2. The molecule has 7 heteroatoms. The summed E-state index contributed by atoms with van der Waals surface area (Å²) in [5.74, 6) is -0.653. The molecule has 0 heterocycles. The van der Waals surface area contributed by atoms with Crippen LogP contribution < -0.4 is 5.32 Å². The van der Waals surface area contributed by atoms with Gasteiger partial charge < -0.3 is 10.2 Å². The third-order valence-electron chi connectivity index (χ3n) is 5.69. The Labute approximate surface area is 198 Å². The van der Waals surface area contributed by atoms with Crippen molar-refractivity contribution in [3.05, 3.63) is 69.7 Å². The Bertz CT molecular complexity index is 865. The topological polar surface area (TPSA) is 49.4 Å². The van der Waals surface area contributed by atoms with Crippen molar-refractivity contribution in [2.24, 2.45) is 0 Å². The van der Waals surface area contributed by atoms with E-state index in [1.165, 1.54) is 6.42 Å². The first-order valence-corrected chi connectivity index (χ1v) is 11.9. The molecule has 2 amide bonds. The molecule has 1 fully saturated rings. The summed E-state index contributed by atoms with van der Waals surface area (Å²) in [5, 5.41) is 4.40. The molecule has 1 aliphatic carbocycles. The van der Waals surface area contributed by atoms with Crippen molar-refractivity contribution >= 4 is 46.6 Å². The van der Waals surface area contributed by atoms with Gasteiger partial charge in [-0.25, -0.2) is 0 Å². The number of hydrogen-bond donors (Lipinski definition) is 1. The largest absolute Gasteiger partial charge is 0.351 e. The minimum atomic E-state index is -0.766. The van der Waals surface area contributed by atoms with Crippen molar-refractivity contribution in [3.8, 4) is 0 Å². The van der Waals surface area contributed by atoms with E-state index in [0.717, 1.165) is 31.2 Å². The number of carbonyl (C=O) groups excluding carboxylic acids is 2. The Morgan fingerprint density at radius 3 is 2.10 bits per heavy atom. The normalized spacial score (nSPS) is 15.3. The molecule has 0 radical (unpaired) electrons. The zero-order chi connectivity index (χ0) is 22.2. The van der Waals surface area contributed by atoms with Crippen LogP contribution in [0.2, 0.25) is 10.0 Å². The first-order valence-electron chi connectivity index (χ1n) is 10.6. The highest BCUT2D eigenvalue weighted by Crippen LogP contribution is 2.26. The van der Waals surface area contributed by atoms with Crippen LogP contribution >= 0.6 is 34.8 Å². The SMILES string of the molecule is O=C(NC1CCCCC1)[C@@H](c1ccc(Cl)cc1)N(CCc1ccc(Cl)cc1)C(=O)CCl. The van der Waals surface area contributed by atoms with Crippen LogP contribution in [0.25, 0.3) is 0 Å². The first kappa shape index (κ1) is 23.9. The summed E-state index contributed by atoms with van der Waals surface area (Å²) in [6.07, 6.45) is 5.93. The molecule has 166 valence electrons. The minimum absolute atomic E-state index is 0.139. The summed E-state index contributed by atoms with van der Waals surface area (Å²) in [6.45, 7) is 0.360. The van der Waals surface area contributed by atoms with Crippen molar-refractivity contribution in [1.82, 2.24) is 10.2 Å². The molecular weight excluding hydrogens is 455 g/mol. The molecule has 0 bridgehead atoms. The number of alkyl halides is 1. The molecule has 0 saturated heterocycles. The molecule has 1 aliphatic rings. The Balaban J connectivity index is 1.85. The standard InChI is InChI=1S/C24H27Cl3N2O2/c25-16-22(30)29(15-14-17-6-10-19(26)11-7-17)23(18-8-12-20(27)13-9-18)24(31)28-21-4-2-1-3-5-21/h6-13,21,23H,1-5,14-16H2,(H,28,31)/t23-/m1/s1. The molecule has 1 atom stereocenters. The fourth-order valence-electron chi connectivity index (χ4n) is 4.02. The van der Waals surface area contributed by atoms with Crippen LogP contribution in [0.5, 0.6) is 0 Å². The van der Waals surface area contributed by atoms with Gasteiger partial charge in [0.2, 0.25) is 11.8 Å². The van der Waals surface area contributed by atoms with Gasteiger partial charge in [0, 0.05) is 22.6 Å². The molecule has 0 unspecified atom stereocenters. The van der Waals surface area contributed by atoms with Gasteiger partial charge in [-0.15, -0.1) is 11.6 Å². The van der Waals surface area contributed by atoms with Crippen molar-refractivity contribution in [1.29, 1.82) is 0 Å². The van der Waals surface area contributed by atoms with E-state index in [9.17, 15) is 9.59 Å². The zero-order valence-corrected chi connectivity index (χ0v) is 19.6. The van der Waals surface area contributed by atoms with Crippen LogP contribution in [0.3, 0.4) is 0 Å². The summed E-state index contributed by atoms with van der Waals surface area (Å²) in [7, 11) is 0. The van der Waals surface area contributed by atoms with Crippen molar-refractivity contribution in [2.45, 2.75) is 50.6 Å². The quantitative estimate of drug-likeness (QED) is 0.485. The van der Waals surface area contributed by atoms with Gasteiger partial charge in [0.15, 0.2) is 0 Å². The Morgan fingerprint density at radius 2 is 1.52 bits per heavy atom. The van der Waals surface area contributed by atoms with E-state index >= 15 is 0 Å². The molecule has 0 aliphatic heterocycles.